The van der Waals surface area contributed by atoms with Gasteiger partial charge in [0.1, 0.15) is 11.3 Å². The maximum Gasteiger partial charge on any atom is 0.340 e. The van der Waals surface area contributed by atoms with Gasteiger partial charge in [0.15, 0.2) is 0 Å². The molecule has 0 amide bonds. The van der Waals surface area contributed by atoms with Gasteiger partial charge in [-0.05, 0) is 31.0 Å². The van der Waals surface area contributed by atoms with Crippen LogP contribution in [0.3, 0.4) is 0 Å². The number of ether oxygens (including phenoxy) is 2. The number of hydrogen-bond acceptors (Lipinski definition) is 6. The molecule has 10 heteroatoms. The molecular weight excluding hydrogens is 467 g/mol. The largest absolute Gasteiger partial charge is 0.465 e. The third-order valence-corrected chi connectivity index (χ3v) is 6.17. The highest BCUT2D eigenvalue weighted by Crippen LogP contribution is 2.43. The fourth-order valence-electron chi connectivity index (χ4n) is 4.05. The lowest BCUT2D eigenvalue weighted by Gasteiger charge is -2.29. The van der Waals surface area contributed by atoms with E-state index in [1.807, 2.05) is 17.7 Å². The Bertz CT molecular complexity index is 1300. The lowest BCUT2D eigenvalue weighted by atomic mass is 9.83. The van der Waals surface area contributed by atoms with E-state index in [1.54, 1.807) is 41.4 Å². The molecule has 3 aromatic rings. The summed E-state index contributed by atoms with van der Waals surface area (Å²) < 4.78 is 14.3. The van der Waals surface area contributed by atoms with Gasteiger partial charge in [0.05, 0.1) is 24.9 Å². The predicted octanol–water partition coefficient (Wildman–Crippen LogP) is 3.62. The van der Waals surface area contributed by atoms with Crippen LogP contribution >= 0.6 is 23.2 Å². The topological polar surface area (TPSA) is 101 Å². The average molecular weight is 489 g/mol. The van der Waals surface area contributed by atoms with Crippen LogP contribution in [0.25, 0.3) is 0 Å². The van der Waals surface area contributed by atoms with Gasteiger partial charge in [0.25, 0.3) is 5.56 Å². The third kappa shape index (κ3) is 4.36. The molecule has 1 atom stereocenters. The number of fused-ring (bicyclic) bond motifs is 1. The van der Waals surface area contributed by atoms with Gasteiger partial charge >= 0.3 is 5.97 Å². The Balaban J connectivity index is 1.84. The number of benzene rings is 1. The number of nitrogens with two attached hydrogens (primary N) is 1. The second-order valence-corrected chi connectivity index (χ2v) is 8.49. The molecular formula is C23H22Cl2N4O4. The molecule has 2 N–H and O–H groups in total. The van der Waals surface area contributed by atoms with E-state index in [2.05, 4.69) is 4.98 Å². The number of aromatic nitrogens is 3. The van der Waals surface area contributed by atoms with Gasteiger partial charge in [-0.2, -0.15) is 0 Å². The van der Waals surface area contributed by atoms with Crippen molar-refractivity contribution in [1.29, 1.82) is 0 Å². The number of halogens is 2. The Morgan fingerprint density at radius 3 is 2.73 bits per heavy atom. The van der Waals surface area contributed by atoms with Gasteiger partial charge in [-0.1, -0.05) is 29.3 Å². The second kappa shape index (κ2) is 9.33. The van der Waals surface area contributed by atoms with Crippen molar-refractivity contribution in [2.75, 3.05) is 7.11 Å². The highest BCUT2D eigenvalue weighted by atomic mass is 35.5. The van der Waals surface area contributed by atoms with Crippen molar-refractivity contribution in [1.82, 2.24) is 14.1 Å². The Hall–Kier alpha value is -3.23. The smallest absolute Gasteiger partial charge is 0.340 e. The number of imidazole rings is 1. The molecule has 1 aliphatic rings. The molecule has 0 aliphatic carbocycles. The van der Waals surface area contributed by atoms with Crippen LogP contribution < -0.4 is 16.0 Å². The van der Waals surface area contributed by atoms with Gasteiger partial charge in [-0.15, -0.1) is 0 Å². The normalized spacial score (nSPS) is 15.2. The van der Waals surface area contributed by atoms with Gasteiger partial charge in [0, 0.05) is 47.3 Å². The Kier molecular flexibility index (Phi) is 6.49. The summed E-state index contributed by atoms with van der Waals surface area (Å²) in [5, 5.41) is 0.717. The molecule has 0 bridgehead atoms. The lowest BCUT2D eigenvalue weighted by Crippen LogP contribution is -2.35. The van der Waals surface area contributed by atoms with E-state index in [9.17, 15) is 9.59 Å². The van der Waals surface area contributed by atoms with Crippen molar-refractivity contribution in [3.8, 4) is 5.75 Å². The summed E-state index contributed by atoms with van der Waals surface area (Å²) in [6.07, 6.45) is 6.00. The van der Waals surface area contributed by atoms with Gasteiger partial charge in [-0.3, -0.25) is 4.79 Å². The van der Waals surface area contributed by atoms with Crippen LogP contribution in [0.15, 0.2) is 59.2 Å². The van der Waals surface area contributed by atoms with Crippen LogP contribution in [0.4, 0.5) is 0 Å². The first-order valence-electron chi connectivity index (χ1n) is 10.2. The summed E-state index contributed by atoms with van der Waals surface area (Å²) in [4.78, 5) is 30.5. The quantitative estimate of drug-likeness (QED) is 0.531. The van der Waals surface area contributed by atoms with Crippen LogP contribution in [0, 0.1) is 6.92 Å². The molecule has 1 aliphatic heterocycles. The molecule has 0 radical (unpaired) electrons. The van der Waals surface area contributed by atoms with E-state index in [1.165, 1.54) is 7.11 Å². The van der Waals surface area contributed by atoms with Crippen LogP contribution in [-0.2, 0) is 22.6 Å². The standard InChI is InChI=1S/C23H22Cl2N4O4/c1-13-10-17-19(22(30)29(13)8-3-7-28-9-6-27-12-28)18(15-5-4-14(24)11-16(15)25)20(21(26)33-17)23(31)32-2/h4-6,9-12,18H,3,7-8,26H2,1-2H3/t18-/m0/s1. The minimum atomic E-state index is -0.876. The van der Waals surface area contributed by atoms with Crippen molar-refractivity contribution >= 4 is 29.2 Å². The highest BCUT2D eigenvalue weighted by Gasteiger charge is 2.39. The first kappa shape index (κ1) is 22.9. The first-order valence-corrected chi connectivity index (χ1v) is 11.0. The van der Waals surface area contributed by atoms with E-state index < -0.39 is 11.9 Å². The third-order valence-electron chi connectivity index (χ3n) is 5.61. The zero-order valence-electron chi connectivity index (χ0n) is 18.0. The van der Waals surface area contributed by atoms with E-state index in [0.717, 1.165) is 0 Å². The zero-order valence-corrected chi connectivity index (χ0v) is 19.6. The Labute approximate surface area is 200 Å². The number of pyridine rings is 1. The molecule has 2 aromatic heterocycles. The van der Waals surface area contributed by atoms with E-state index in [-0.39, 0.29) is 28.3 Å². The fraction of sp³-hybridized carbons (Fsp3) is 0.261. The summed E-state index contributed by atoms with van der Waals surface area (Å²) in [5.41, 5.74) is 7.32. The minimum absolute atomic E-state index is 0.0140. The second-order valence-electron chi connectivity index (χ2n) is 7.64. The number of methoxy groups -OCH3 is 1. The van der Waals surface area contributed by atoms with Gasteiger partial charge < -0.3 is 24.3 Å². The maximum atomic E-state index is 13.7. The van der Waals surface area contributed by atoms with Gasteiger partial charge in [-0.25, -0.2) is 9.78 Å². The predicted molar refractivity (Wildman–Crippen MR) is 124 cm³/mol. The SMILES string of the molecule is COC(=O)C1=C(N)Oc2cc(C)n(CCCn3ccnc3)c(=O)c2[C@@H]1c1ccc(Cl)cc1Cl. The average Bonchev–Trinajstić information content (AvgIpc) is 3.28. The molecule has 0 fully saturated rings. The van der Waals surface area contributed by atoms with E-state index in [4.69, 9.17) is 38.4 Å². The van der Waals surface area contributed by atoms with Crippen LogP contribution in [0.1, 0.15) is 29.2 Å². The number of carbonyl (C=O) groups excluding carboxylic acids is 1. The summed E-state index contributed by atoms with van der Waals surface area (Å²) in [5.74, 6) is -1.44. The van der Waals surface area contributed by atoms with Crippen LogP contribution in [-0.4, -0.2) is 27.2 Å². The summed E-state index contributed by atoms with van der Waals surface area (Å²) >= 11 is 12.6. The van der Waals surface area contributed by atoms with Crippen molar-refractivity contribution in [2.45, 2.75) is 32.4 Å². The first-order chi connectivity index (χ1) is 15.8. The van der Waals surface area contributed by atoms with E-state index >= 15 is 0 Å². The van der Waals surface area contributed by atoms with Crippen LogP contribution in [0.2, 0.25) is 10.0 Å². The summed E-state index contributed by atoms with van der Waals surface area (Å²) in [6, 6.07) is 6.60. The van der Waals surface area contributed by atoms with Crippen molar-refractivity contribution in [3.05, 3.63) is 91.7 Å². The lowest BCUT2D eigenvalue weighted by molar-refractivity contribution is -0.136. The molecule has 4 rings (SSSR count). The number of esters is 1. The zero-order chi connectivity index (χ0) is 23.7. The molecule has 1 aromatic carbocycles. The molecule has 172 valence electrons. The molecule has 8 nitrogen and oxygen atoms in total. The Morgan fingerprint density at radius 2 is 2.06 bits per heavy atom. The maximum absolute atomic E-state index is 13.7. The molecule has 33 heavy (non-hydrogen) atoms. The molecule has 3 heterocycles. The molecule has 0 unspecified atom stereocenters. The Morgan fingerprint density at radius 1 is 1.27 bits per heavy atom. The number of carbonyl (C=O) groups is 1. The summed E-state index contributed by atoms with van der Waals surface area (Å²) in [7, 11) is 1.24. The summed E-state index contributed by atoms with van der Waals surface area (Å²) in [6.45, 7) is 2.98. The number of nitrogens with zero attached hydrogens (tertiary/aromatic N) is 3. The molecule has 0 spiro atoms. The highest BCUT2D eigenvalue weighted by molar-refractivity contribution is 6.35. The number of aryl methyl sites for hydroxylation is 2. The monoisotopic (exact) mass is 488 g/mol. The van der Waals surface area contributed by atoms with Crippen molar-refractivity contribution < 1.29 is 14.3 Å². The van der Waals surface area contributed by atoms with Crippen molar-refractivity contribution in [3.63, 3.8) is 0 Å². The van der Waals surface area contributed by atoms with Crippen LogP contribution in [0.5, 0.6) is 5.75 Å². The van der Waals surface area contributed by atoms with Crippen molar-refractivity contribution in [2.24, 2.45) is 5.73 Å². The fourth-order valence-corrected chi connectivity index (χ4v) is 4.57. The molecule has 0 saturated carbocycles. The minimum Gasteiger partial charge on any atom is -0.465 e. The van der Waals surface area contributed by atoms with E-state index in [0.29, 0.717) is 40.8 Å². The number of rotatable bonds is 6. The van der Waals surface area contributed by atoms with Gasteiger partial charge in [0.2, 0.25) is 5.88 Å². The number of hydrogen-bond donors (Lipinski definition) is 1. The molecule has 0 saturated heterocycles.